The normalized spacial score (nSPS) is 11.5. The number of nitrogens with two attached hydrogens (primary N) is 1. The summed E-state index contributed by atoms with van der Waals surface area (Å²) in [5, 5.41) is 14.6. The van der Waals surface area contributed by atoms with E-state index in [1.54, 1.807) is 35.0 Å². The number of aryl methyl sites for hydroxylation is 2. The number of ether oxygens (including phenoxy) is 1. The Labute approximate surface area is 204 Å². The van der Waals surface area contributed by atoms with Crippen molar-refractivity contribution >= 4 is 10.1 Å². The van der Waals surface area contributed by atoms with Crippen LogP contribution in [0.2, 0.25) is 0 Å². The Hall–Kier alpha value is -3.66. The van der Waals surface area contributed by atoms with E-state index >= 15 is 0 Å². The van der Waals surface area contributed by atoms with Gasteiger partial charge in [0.2, 0.25) is 0 Å². The third kappa shape index (κ3) is 5.89. The molecule has 1 heterocycles. The fourth-order valence-electron chi connectivity index (χ4n) is 3.66. The number of nitrogens with zero attached hydrogens (tertiary/aromatic N) is 2. The van der Waals surface area contributed by atoms with E-state index in [2.05, 4.69) is 4.28 Å². The molecule has 4 aromatic rings. The second-order valence-corrected chi connectivity index (χ2v) is 9.69. The molecule has 182 valence electrons. The maximum atomic E-state index is 11.9. The Morgan fingerprint density at radius 3 is 2.37 bits per heavy atom. The van der Waals surface area contributed by atoms with Gasteiger partial charge in [0.15, 0.2) is 11.5 Å². The lowest BCUT2D eigenvalue weighted by Crippen LogP contribution is -2.11. The molecule has 0 aliphatic rings. The highest BCUT2D eigenvalue weighted by molar-refractivity contribution is 7.86. The summed E-state index contributed by atoms with van der Waals surface area (Å²) in [7, 11) is -3.98. The number of aromatic nitrogens is 2. The molecule has 0 atom stereocenters. The Morgan fingerprint density at radius 1 is 0.971 bits per heavy atom. The van der Waals surface area contributed by atoms with Crippen molar-refractivity contribution in [3.63, 3.8) is 0 Å². The number of phenolic OH excluding ortho intramolecular Hbond substituents is 1. The molecule has 0 aliphatic heterocycles. The summed E-state index contributed by atoms with van der Waals surface area (Å²) in [5.41, 5.74) is 4.67. The van der Waals surface area contributed by atoms with Gasteiger partial charge in [-0.15, -0.1) is 0 Å². The average molecular weight is 494 g/mol. The molecule has 0 fully saturated rings. The lowest BCUT2D eigenvalue weighted by atomic mass is 10.1. The summed E-state index contributed by atoms with van der Waals surface area (Å²) in [6, 6.07) is 23.3. The van der Waals surface area contributed by atoms with Gasteiger partial charge in [-0.2, -0.15) is 23.7 Å². The van der Waals surface area contributed by atoms with Crippen molar-refractivity contribution in [1.29, 1.82) is 0 Å². The van der Waals surface area contributed by atoms with E-state index < -0.39 is 10.1 Å². The summed E-state index contributed by atoms with van der Waals surface area (Å²) in [5.74, 6) is 5.49. The zero-order valence-electron chi connectivity index (χ0n) is 19.3. The topological polar surface area (TPSA) is 117 Å². The molecule has 1 aromatic heterocycles. The van der Waals surface area contributed by atoms with Crippen LogP contribution in [0.15, 0.2) is 83.8 Å². The molecule has 0 amide bonds. The average Bonchev–Trinajstić information content (AvgIpc) is 3.29. The van der Waals surface area contributed by atoms with Crippen LogP contribution in [0.4, 0.5) is 0 Å². The van der Waals surface area contributed by atoms with Gasteiger partial charge < -0.3 is 9.84 Å². The van der Waals surface area contributed by atoms with E-state index in [0.717, 1.165) is 41.8 Å². The Morgan fingerprint density at radius 2 is 1.69 bits per heavy atom. The molecule has 0 radical (unpaired) electrons. The smallest absolute Gasteiger partial charge is 0.312 e. The van der Waals surface area contributed by atoms with Crippen LogP contribution in [0.3, 0.4) is 0 Å². The van der Waals surface area contributed by atoms with Crippen molar-refractivity contribution in [2.24, 2.45) is 5.90 Å². The molecule has 0 unspecified atom stereocenters. The van der Waals surface area contributed by atoms with Gasteiger partial charge in [0.25, 0.3) is 0 Å². The van der Waals surface area contributed by atoms with E-state index in [1.165, 1.54) is 12.1 Å². The summed E-state index contributed by atoms with van der Waals surface area (Å²) < 4.78 is 35.3. The number of para-hydroxylation sites is 2. The third-order valence-corrected chi connectivity index (χ3v) is 6.66. The van der Waals surface area contributed by atoms with E-state index in [1.807, 2.05) is 43.3 Å². The molecule has 0 bridgehead atoms. The van der Waals surface area contributed by atoms with E-state index in [0.29, 0.717) is 18.0 Å². The zero-order chi connectivity index (χ0) is 24.8. The van der Waals surface area contributed by atoms with Gasteiger partial charge in [-0.05, 0) is 68.7 Å². The van der Waals surface area contributed by atoms with Crippen molar-refractivity contribution < 1.29 is 22.5 Å². The molecule has 0 saturated carbocycles. The molecular formula is C26H27N3O5S. The number of phenols is 1. The molecule has 8 nitrogen and oxygen atoms in total. The van der Waals surface area contributed by atoms with Crippen LogP contribution in [0.5, 0.6) is 11.5 Å². The van der Waals surface area contributed by atoms with Gasteiger partial charge in [-0.3, -0.25) is 0 Å². The van der Waals surface area contributed by atoms with Crippen molar-refractivity contribution in [2.45, 2.75) is 31.1 Å². The minimum absolute atomic E-state index is 0.0301. The van der Waals surface area contributed by atoms with Crippen LogP contribution in [-0.4, -0.2) is 29.9 Å². The van der Waals surface area contributed by atoms with Gasteiger partial charge in [0.05, 0.1) is 28.6 Å². The maximum Gasteiger partial charge on any atom is 0.312 e. The quantitative estimate of drug-likeness (QED) is 0.246. The van der Waals surface area contributed by atoms with Gasteiger partial charge in [-0.25, -0.2) is 4.68 Å². The number of unbranched alkanes of at least 4 members (excludes halogenated alkanes) is 1. The van der Waals surface area contributed by atoms with Crippen LogP contribution in [-0.2, 0) is 20.8 Å². The van der Waals surface area contributed by atoms with Crippen molar-refractivity contribution in [3.05, 3.63) is 90.1 Å². The SMILES string of the molecule is Cc1ccc(-c2cc(CCCCOc3ccccc3O)nn2-c2ccc(S(=O)(=O)ON)cc2)cc1. The van der Waals surface area contributed by atoms with Gasteiger partial charge in [0.1, 0.15) is 0 Å². The van der Waals surface area contributed by atoms with Crippen LogP contribution >= 0.6 is 0 Å². The zero-order valence-corrected chi connectivity index (χ0v) is 20.1. The standard InChI is InChI=1S/C26H27N3O5S/c1-19-9-11-20(12-10-19)24-18-21(6-4-5-17-33-26-8-3-2-7-25(26)30)28-29(24)22-13-15-23(16-14-22)35(31,32)34-27/h2-3,7-16,18,30H,4-6,17,27H2,1H3. The molecule has 4 rings (SSSR count). The van der Waals surface area contributed by atoms with E-state index in [-0.39, 0.29) is 10.6 Å². The monoisotopic (exact) mass is 493 g/mol. The molecule has 0 aliphatic carbocycles. The van der Waals surface area contributed by atoms with Gasteiger partial charge >= 0.3 is 10.1 Å². The predicted octanol–water partition coefficient (Wildman–Crippen LogP) is 4.53. The second kappa shape index (κ2) is 10.7. The van der Waals surface area contributed by atoms with E-state index in [4.69, 9.17) is 15.7 Å². The molecule has 0 spiro atoms. The highest BCUT2D eigenvalue weighted by Crippen LogP contribution is 2.27. The second-order valence-electron chi connectivity index (χ2n) is 8.12. The number of aromatic hydroxyl groups is 1. The summed E-state index contributed by atoms with van der Waals surface area (Å²) >= 11 is 0. The lowest BCUT2D eigenvalue weighted by molar-refractivity contribution is 0.290. The molecule has 0 saturated heterocycles. The first-order valence-corrected chi connectivity index (χ1v) is 12.6. The molecule has 35 heavy (non-hydrogen) atoms. The highest BCUT2D eigenvalue weighted by Gasteiger charge is 2.16. The van der Waals surface area contributed by atoms with Crippen LogP contribution in [0.25, 0.3) is 16.9 Å². The first kappa shape index (κ1) is 24.5. The Kier molecular flexibility index (Phi) is 7.50. The largest absolute Gasteiger partial charge is 0.504 e. The molecule has 3 N–H and O–H groups in total. The number of hydrogen-bond acceptors (Lipinski definition) is 7. The van der Waals surface area contributed by atoms with Crippen molar-refractivity contribution in [2.75, 3.05) is 6.61 Å². The molecule has 3 aromatic carbocycles. The van der Waals surface area contributed by atoms with E-state index in [9.17, 15) is 13.5 Å². The predicted molar refractivity (Wildman–Crippen MR) is 133 cm³/mol. The van der Waals surface area contributed by atoms with Crippen LogP contribution in [0, 0.1) is 6.92 Å². The minimum atomic E-state index is -3.98. The Balaban J connectivity index is 1.51. The first-order valence-electron chi connectivity index (χ1n) is 11.2. The van der Waals surface area contributed by atoms with Crippen molar-refractivity contribution in [3.8, 4) is 28.4 Å². The minimum Gasteiger partial charge on any atom is -0.504 e. The van der Waals surface area contributed by atoms with Crippen molar-refractivity contribution in [1.82, 2.24) is 9.78 Å². The first-order chi connectivity index (χ1) is 16.9. The number of hydrogen-bond donors (Lipinski definition) is 2. The lowest BCUT2D eigenvalue weighted by Gasteiger charge is -2.09. The fourth-order valence-corrected chi connectivity index (χ4v) is 4.24. The molecular weight excluding hydrogens is 466 g/mol. The number of rotatable bonds is 10. The Bertz CT molecular complexity index is 1380. The third-order valence-electron chi connectivity index (χ3n) is 5.55. The maximum absolute atomic E-state index is 11.9. The van der Waals surface area contributed by atoms with Gasteiger partial charge in [-0.1, -0.05) is 42.0 Å². The number of benzene rings is 3. The highest BCUT2D eigenvalue weighted by atomic mass is 32.2. The fraction of sp³-hybridized carbons (Fsp3) is 0.192. The summed E-state index contributed by atoms with van der Waals surface area (Å²) in [6.45, 7) is 2.52. The van der Waals surface area contributed by atoms with Gasteiger partial charge in [0, 0.05) is 5.56 Å². The molecule has 9 heteroatoms. The van der Waals surface area contributed by atoms with Crippen LogP contribution in [0.1, 0.15) is 24.1 Å². The van der Waals surface area contributed by atoms with Crippen LogP contribution < -0.4 is 10.6 Å². The summed E-state index contributed by atoms with van der Waals surface area (Å²) in [4.78, 5) is -0.0301. The summed E-state index contributed by atoms with van der Waals surface area (Å²) in [6.07, 6.45) is 2.39.